The van der Waals surface area contributed by atoms with Crippen LogP contribution in [0.3, 0.4) is 0 Å². The number of anilines is 1. The molecular weight excluding hydrogens is 552 g/mol. The predicted molar refractivity (Wildman–Crippen MR) is 177 cm³/mol. The number of carbonyl (C=O) groups excluding carboxylic acids is 1. The van der Waals surface area contributed by atoms with Crippen molar-refractivity contribution in [2.75, 3.05) is 5.73 Å². The quantitative estimate of drug-likeness (QED) is 0.0316. The van der Waals surface area contributed by atoms with Crippen LogP contribution >= 0.6 is 0 Å². The van der Waals surface area contributed by atoms with E-state index in [4.69, 9.17) is 15.2 Å². The lowest BCUT2D eigenvalue weighted by Gasteiger charge is -2.16. The summed E-state index contributed by atoms with van der Waals surface area (Å²) in [7, 11) is 0. The fourth-order valence-corrected chi connectivity index (χ4v) is 4.91. The number of nitrogen functional groups attached to an aromatic ring is 1. The third kappa shape index (κ3) is 11.4. The zero-order chi connectivity index (χ0) is 31.7. The molecule has 0 aromatic heterocycles. The predicted octanol–water partition coefficient (Wildman–Crippen LogP) is 9.44. The van der Waals surface area contributed by atoms with E-state index in [0.717, 1.165) is 55.7 Å². The normalized spacial score (nSPS) is 11.3. The SMILES string of the molecule is CCCCCCCCc1ccc(C#Cc2ccc(OC(=O)c3cc([N+](=O)[O-])c(O[C@H](C)CCCCCC)cc3N)cc2)cc1. The number of nitro groups is 1. The summed E-state index contributed by atoms with van der Waals surface area (Å²) in [6, 6.07) is 17.6. The maximum Gasteiger partial charge on any atom is 0.345 e. The van der Waals surface area contributed by atoms with E-state index < -0.39 is 10.9 Å². The Morgan fingerprint density at radius 3 is 2.02 bits per heavy atom. The summed E-state index contributed by atoms with van der Waals surface area (Å²) < 4.78 is 11.3. The molecule has 2 N–H and O–H groups in total. The van der Waals surface area contributed by atoms with Gasteiger partial charge in [-0.2, -0.15) is 0 Å². The van der Waals surface area contributed by atoms with Gasteiger partial charge in [0.25, 0.3) is 0 Å². The van der Waals surface area contributed by atoms with E-state index in [1.165, 1.54) is 50.2 Å². The highest BCUT2D eigenvalue weighted by molar-refractivity contribution is 5.97. The van der Waals surface area contributed by atoms with Gasteiger partial charge < -0.3 is 15.2 Å². The number of unbranched alkanes of at least 4 members (excludes halogenated alkanes) is 8. The molecule has 7 nitrogen and oxygen atoms in total. The van der Waals surface area contributed by atoms with Crippen molar-refractivity contribution in [1.29, 1.82) is 0 Å². The molecule has 234 valence electrons. The van der Waals surface area contributed by atoms with E-state index in [9.17, 15) is 14.9 Å². The van der Waals surface area contributed by atoms with Crippen molar-refractivity contribution in [3.8, 4) is 23.3 Å². The molecule has 7 heteroatoms. The molecule has 0 aliphatic carbocycles. The molecule has 0 saturated carbocycles. The Morgan fingerprint density at radius 2 is 1.41 bits per heavy atom. The minimum Gasteiger partial charge on any atom is -0.484 e. The number of benzene rings is 3. The Labute approximate surface area is 262 Å². The molecule has 0 spiro atoms. The first-order chi connectivity index (χ1) is 21.3. The molecule has 0 fully saturated rings. The highest BCUT2D eigenvalue weighted by Gasteiger charge is 2.24. The number of nitrogens with zero attached hydrogens (tertiary/aromatic N) is 1. The van der Waals surface area contributed by atoms with Crippen LogP contribution in [0.5, 0.6) is 11.5 Å². The van der Waals surface area contributed by atoms with Crippen LogP contribution in [0.1, 0.15) is 118 Å². The lowest BCUT2D eigenvalue weighted by molar-refractivity contribution is -0.386. The van der Waals surface area contributed by atoms with Gasteiger partial charge in [-0.1, -0.05) is 89.2 Å². The number of aryl methyl sites for hydroxylation is 1. The van der Waals surface area contributed by atoms with Gasteiger partial charge in [0.2, 0.25) is 0 Å². The minimum absolute atomic E-state index is 0.0439. The summed E-state index contributed by atoms with van der Waals surface area (Å²) in [6.45, 7) is 6.25. The number of ether oxygens (including phenoxy) is 2. The summed E-state index contributed by atoms with van der Waals surface area (Å²) in [5, 5.41) is 11.8. The smallest absolute Gasteiger partial charge is 0.345 e. The first-order valence-corrected chi connectivity index (χ1v) is 16.0. The van der Waals surface area contributed by atoms with E-state index >= 15 is 0 Å². The highest BCUT2D eigenvalue weighted by Crippen LogP contribution is 2.34. The zero-order valence-corrected chi connectivity index (χ0v) is 26.4. The number of carbonyl (C=O) groups is 1. The molecule has 0 radical (unpaired) electrons. The topological polar surface area (TPSA) is 105 Å². The number of hydrogen-bond acceptors (Lipinski definition) is 6. The van der Waals surface area contributed by atoms with Crippen LogP contribution in [-0.2, 0) is 6.42 Å². The van der Waals surface area contributed by atoms with E-state index in [2.05, 4.69) is 37.8 Å². The molecule has 0 saturated heterocycles. The van der Waals surface area contributed by atoms with E-state index in [1.54, 1.807) is 24.3 Å². The maximum atomic E-state index is 12.9. The third-order valence-corrected chi connectivity index (χ3v) is 7.53. The van der Waals surface area contributed by atoms with Gasteiger partial charge in [0.15, 0.2) is 5.75 Å². The van der Waals surface area contributed by atoms with Crippen molar-refractivity contribution < 1.29 is 19.2 Å². The maximum absolute atomic E-state index is 12.9. The summed E-state index contributed by atoms with van der Waals surface area (Å²) in [5.74, 6) is 5.85. The Bertz CT molecular complexity index is 1400. The second-order valence-electron chi connectivity index (χ2n) is 11.3. The fourth-order valence-electron chi connectivity index (χ4n) is 4.91. The molecule has 0 unspecified atom stereocenters. The number of hydrogen-bond donors (Lipinski definition) is 1. The Kier molecular flexibility index (Phi) is 14.3. The van der Waals surface area contributed by atoms with Crippen LogP contribution in [0.4, 0.5) is 11.4 Å². The molecule has 3 rings (SSSR count). The number of nitro benzene ring substituents is 1. The lowest BCUT2D eigenvalue weighted by atomic mass is 10.0. The van der Waals surface area contributed by atoms with Crippen molar-refractivity contribution in [2.45, 2.75) is 104 Å². The summed E-state index contributed by atoms with van der Waals surface area (Å²) >= 11 is 0. The first-order valence-electron chi connectivity index (χ1n) is 16.0. The number of esters is 1. The first kappa shape index (κ1) is 34.2. The van der Waals surface area contributed by atoms with Crippen LogP contribution < -0.4 is 15.2 Å². The largest absolute Gasteiger partial charge is 0.484 e. The lowest BCUT2D eigenvalue weighted by Crippen LogP contribution is -2.15. The monoisotopic (exact) mass is 598 g/mol. The number of rotatable bonds is 17. The van der Waals surface area contributed by atoms with Gasteiger partial charge in [-0.3, -0.25) is 10.1 Å². The fraction of sp³-hybridized carbons (Fsp3) is 0.432. The van der Waals surface area contributed by atoms with Crippen LogP contribution in [0.25, 0.3) is 0 Å². The molecule has 3 aromatic carbocycles. The zero-order valence-electron chi connectivity index (χ0n) is 26.4. The second-order valence-corrected chi connectivity index (χ2v) is 11.3. The summed E-state index contributed by atoms with van der Waals surface area (Å²) in [6.07, 6.45) is 13.7. The van der Waals surface area contributed by atoms with E-state index in [-0.39, 0.29) is 34.5 Å². The Hall–Kier alpha value is -4.31. The Morgan fingerprint density at radius 1 is 0.841 bits per heavy atom. The molecule has 0 aliphatic rings. The minimum atomic E-state index is -0.787. The average Bonchev–Trinajstić information content (AvgIpc) is 3.01. The van der Waals surface area contributed by atoms with E-state index in [0.29, 0.717) is 0 Å². The summed E-state index contributed by atoms with van der Waals surface area (Å²) in [5.41, 5.74) is 8.77. The van der Waals surface area contributed by atoms with Crippen LogP contribution in [-0.4, -0.2) is 17.0 Å². The molecule has 0 heterocycles. The molecule has 0 aliphatic heterocycles. The van der Waals surface area contributed by atoms with Gasteiger partial charge in [-0.15, -0.1) is 0 Å². The van der Waals surface area contributed by atoms with Gasteiger partial charge in [-0.05, 0) is 74.6 Å². The van der Waals surface area contributed by atoms with Crippen molar-refractivity contribution in [3.63, 3.8) is 0 Å². The molecule has 0 bridgehead atoms. The van der Waals surface area contributed by atoms with Gasteiger partial charge in [0.05, 0.1) is 22.3 Å². The molecule has 3 aromatic rings. The van der Waals surface area contributed by atoms with Crippen LogP contribution in [0.2, 0.25) is 0 Å². The van der Waals surface area contributed by atoms with Gasteiger partial charge >= 0.3 is 11.7 Å². The summed E-state index contributed by atoms with van der Waals surface area (Å²) in [4.78, 5) is 24.1. The molecule has 1 atom stereocenters. The molecule has 0 amide bonds. The van der Waals surface area contributed by atoms with Crippen molar-refractivity contribution >= 4 is 17.3 Å². The van der Waals surface area contributed by atoms with Crippen molar-refractivity contribution in [3.05, 3.63) is 93.0 Å². The molecule has 44 heavy (non-hydrogen) atoms. The van der Waals surface area contributed by atoms with Gasteiger partial charge in [-0.25, -0.2) is 4.79 Å². The third-order valence-electron chi connectivity index (χ3n) is 7.53. The van der Waals surface area contributed by atoms with E-state index in [1.807, 2.05) is 19.1 Å². The van der Waals surface area contributed by atoms with Crippen LogP contribution in [0.15, 0.2) is 60.7 Å². The van der Waals surface area contributed by atoms with Crippen molar-refractivity contribution in [2.24, 2.45) is 0 Å². The molecular formula is C37H46N2O5. The van der Waals surface area contributed by atoms with Crippen LogP contribution in [0, 0.1) is 22.0 Å². The standard InChI is InChI=1S/C37H46N2O5/c1-4-6-8-10-11-13-15-29-16-18-30(19-17-29)20-21-31-22-24-32(25-23-31)44-37(40)33-26-35(39(41)42)36(27-34(33)38)43-28(3)14-12-9-7-5-2/h16-19,22-28H,4-15,38H2,1-3H3/t28-/m1/s1. The van der Waals surface area contributed by atoms with Crippen molar-refractivity contribution in [1.82, 2.24) is 0 Å². The number of nitrogens with two attached hydrogens (primary N) is 1. The average molecular weight is 599 g/mol. The second kappa shape index (κ2) is 18.4. The highest BCUT2D eigenvalue weighted by atomic mass is 16.6. The Balaban J connectivity index is 1.57. The van der Waals surface area contributed by atoms with Gasteiger partial charge in [0.1, 0.15) is 5.75 Å². The van der Waals surface area contributed by atoms with Gasteiger partial charge in [0, 0.05) is 23.3 Å².